The van der Waals surface area contributed by atoms with Crippen molar-refractivity contribution in [1.29, 1.82) is 0 Å². The van der Waals surface area contributed by atoms with Crippen LogP contribution in [0.5, 0.6) is 0 Å². The van der Waals surface area contributed by atoms with Gasteiger partial charge in [-0.2, -0.15) is 0 Å². The molecule has 0 fully saturated rings. The lowest BCUT2D eigenvalue weighted by Crippen LogP contribution is -2.32. The van der Waals surface area contributed by atoms with Gasteiger partial charge in [0.2, 0.25) is 10.0 Å². The number of nitrogens with zero attached hydrogens (tertiary/aromatic N) is 2. The Bertz CT molecular complexity index is 666. The molecule has 0 bridgehead atoms. The van der Waals surface area contributed by atoms with Gasteiger partial charge in [-0.05, 0) is 35.8 Å². The molecule has 0 spiro atoms. The summed E-state index contributed by atoms with van der Waals surface area (Å²) >= 11 is 0. The smallest absolute Gasteiger partial charge is 0.243 e. The van der Waals surface area contributed by atoms with E-state index in [9.17, 15) is 8.42 Å². The first-order valence-electron chi connectivity index (χ1n) is 6.78. The molecule has 1 atom stereocenters. The number of rotatable bonds is 7. The molecular formula is C13H19N3O3S. The average molecular weight is 297 g/mol. The Balaban J connectivity index is 2.16. The number of aromatic nitrogens is 2. The summed E-state index contributed by atoms with van der Waals surface area (Å²) in [5.41, 5.74) is 0.701. The van der Waals surface area contributed by atoms with Crippen LogP contribution in [-0.4, -0.2) is 24.8 Å². The third kappa shape index (κ3) is 3.34. The molecule has 2 aromatic rings. The molecule has 7 heteroatoms. The van der Waals surface area contributed by atoms with E-state index < -0.39 is 10.0 Å². The van der Waals surface area contributed by atoms with E-state index in [4.69, 9.17) is 0 Å². The van der Waals surface area contributed by atoms with E-state index in [2.05, 4.69) is 26.6 Å². The predicted octanol–water partition coefficient (Wildman–Crippen LogP) is 2.47. The highest BCUT2D eigenvalue weighted by Gasteiger charge is 2.22. The van der Waals surface area contributed by atoms with Crippen LogP contribution in [0.15, 0.2) is 27.7 Å². The standard InChI is InChI=1S/C13H19N3O3S/c1-3-4-5-7-10(2)16-20(17,18)12-9-6-8-11-13(12)15-19-14-11/h6,8-10,16H,3-5,7H2,1-2H3. The van der Waals surface area contributed by atoms with Gasteiger partial charge >= 0.3 is 0 Å². The Morgan fingerprint density at radius 1 is 1.30 bits per heavy atom. The van der Waals surface area contributed by atoms with Gasteiger partial charge in [-0.1, -0.05) is 32.3 Å². The highest BCUT2D eigenvalue weighted by molar-refractivity contribution is 7.89. The predicted molar refractivity (Wildman–Crippen MR) is 75.7 cm³/mol. The minimum atomic E-state index is -3.61. The van der Waals surface area contributed by atoms with E-state index in [0.29, 0.717) is 5.52 Å². The normalized spacial score (nSPS) is 13.7. The van der Waals surface area contributed by atoms with Crippen molar-refractivity contribution in [1.82, 2.24) is 15.0 Å². The lowest BCUT2D eigenvalue weighted by atomic mass is 10.1. The molecule has 2 rings (SSSR count). The summed E-state index contributed by atoms with van der Waals surface area (Å²) in [6, 6.07) is 4.69. The van der Waals surface area contributed by atoms with Crippen LogP contribution in [0.4, 0.5) is 0 Å². The number of sulfonamides is 1. The van der Waals surface area contributed by atoms with Crippen molar-refractivity contribution in [3.8, 4) is 0 Å². The first-order valence-corrected chi connectivity index (χ1v) is 8.26. The van der Waals surface area contributed by atoms with E-state index in [1.807, 2.05) is 6.92 Å². The average Bonchev–Trinajstić information content (AvgIpc) is 2.86. The maximum atomic E-state index is 12.4. The van der Waals surface area contributed by atoms with Crippen molar-refractivity contribution >= 4 is 21.1 Å². The molecule has 0 aliphatic carbocycles. The zero-order chi connectivity index (χ0) is 14.6. The number of hydrogen-bond donors (Lipinski definition) is 1. The molecule has 6 nitrogen and oxygen atoms in total. The minimum Gasteiger partial charge on any atom is -0.243 e. The minimum absolute atomic E-state index is 0.110. The quantitative estimate of drug-likeness (QED) is 0.793. The summed E-state index contributed by atoms with van der Waals surface area (Å²) in [5, 5.41) is 7.32. The summed E-state index contributed by atoms with van der Waals surface area (Å²) in [6.45, 7) is 3.99. The maximum Gasteiger partial charge on any atom is 0.243 e. The van der Waals surface area contributed by atoms with Gasteiger partial charge in [-0.25, -0.2) is 17.8 Å². The fourth-order valence-electron chi connectivity index (χ4n) is 2.09. The molecule has 1 heterocycles. The zero-order valence-electron chi connectivity index (χ0n) is 11.7. The monoisotopic (exact) mass is 297 g/mol. The molecule has 0 saturated heterocycles. The van der Waals surface area contributed by atoms with Gasteiger partial charge in [-0.3, -0.25) is 0 Å². The lowest BCUT2D eigenvalue weighted by molar-refractivity contribution is 0.315. The van der Waals surface area contributed by atoms with Crippen molar-refractivity contribution in [2.45, 2.75) is 50.5 Å². The summed E-state index contributed by atoms with van der Waals surface area (Å²) < 4.78 is 32.0. The highest BCUT2D eigenvalue weighted by Crippen LogP contribution is 2.20. The van der Waals surface area contributed by atoms with E-state index in [1.54, 1.807) is 12.1 Å². The molecule has 0 saturated carbocycles. The summed E-state index contributed by atoms with van der Waals surface area (Å²) in [4.78, 5) is 0.110. The van der Waals surface area contributed by atoms with Gasteiger partial charge in [0.25, 0.3) is 0 Å². The largest absolute Gasteiger partial charge is 0.243 e. The van der Waals surface area contributed by atoms with Gasteiger partial charge in [0.05, 0.1) is 0 Å². The van der Waals surface area contributed by atoms with Crippen LogP contribution >= 0.6 is 0 Å². The van der Waals surface area contributed by atoms with Crippen LogP contribution in [0, 0.1) is 0 Å². The van der Waals surface area contributed by atoms with Crippen molar-refractivity contribution in [3.63, 3.8) is 0 Å². The van der Waals surface area contributed by atoms with Crippen LogP contribution in [0.1, 0.15) is 39.5 Å². The van der Waals surface area contributed by atoms with Gasteiger partial charge in [-0.15, -0.1) is 0 Å². The molecule has 1 aromatic heterocycles. The Morgan fingerprint density at radius 2 is 2.10 bits per heavy atom. The highest BCUT2D eigenvalue weighted by atomic mass is 32.2. The molecular weight excluding hydrogens is 278 g/mol. The van der Waals surface area contributed by atoms with Crippen LogP contribution in [0.3, 0.4) is 0 Å². The SMILES string of the molecule is CCCCCC(C)NS(=O)(=O)c1cccc2nonc12. The first-order chi connectivity index (χ1) is 9.54. The molecule has 1 aromatic carbocycles. The second-order valence-corrected chi connectivity index (χ2v) is 6.59. The van der Waals surface area contributed by atoms with Crippen molar-refractivity contribution in [3.05, 3.63) is 18.2 Å². The van der Waals surface area contributed by atoms with E-state index in [1.165, 1.54) is 6.07 Å². The van der Waals surface area contributed by atoms with E-state index in [-0.39, 0.29) is 16.5 Å². The first kappa shape index (κ1) is 14.9. The Labute approximate surface area is 118 Å². The summed E-state index contributed by atoms with van der Waals surface area (Å²) in [6.07, 6.45) is 4.05. The van der Waals surface area contributed by atoms with Gasteiger partial charge in [0.15, 0.2) is 5.52 Å². The van der Waals surface area contributed by atoms with Crippen molar-refractivity contribution in [2.75, 3.05) is 0 Å². The van der Waals surface area contributed by atoms with E-state index in [0.717, 1.165) is 25.7 Å². The maximum absolute atomic E-state index is 12.4. The molecule has 1 N–H and O–H groups in total. The molecule has 0 amide bonds. The van der Waals surface area contributed by atoms with Crippen LogP contribution < -0.4 is 4.72 Å². The zero-order valence-corrected chi connectivity index (χ0v) is 12.5. The van der Waals surface area contributed by atoms with Crippen molar-refractivity contribution in [2.24, 2.45) is 0 Å². The topological polar surface area (TPSA) is 85.1 Å². The molecule has 20 heavy (non-hydrogen) atoms. The molecule has 0 radical (unpaired) electrons. The van der Waals surface area contributed by atoms with Crippen LogP contribution in [-0.2, 0) is 10.0 Å². The number of unbranched alkanes of at least 4 members (excludes halogenated alkanes) is 2. The van der Waals surface area contributed by atoms with Gasteiger partial charge < -0.3 is 0 Å². The lowest BCUT2D eigenvalue weighted by Gasteiger charge is -2.13. The third-order valence-corrected chi connectivity index (χ3v) is 4.76. The summed E-state index contributed by atoms with van der Waals surface area (Å²) in [5.74, 6) is 0. The number of hydrogen-bond acceptors (Lipinski definition) is 5. The fourth-order valence-corrected chi connectivity index (χ4v) is 3.51. The molecule has 110 valence electrons. The molecule has 0 aliphatic heterocycles. The van der Waals surface area contributed by atoms with Gasteiger partial charge in [0.1, 0.15) is 10.4 Å². The second kappa shape index (κ2) is 6.32. The fraction of sp³-hybridized carbons (Fsp3) is 0.538. The van der Waals surface area contributed by atoms with Crippen LogP contribution in [0.25, 0.3) is 11.0 Å². The number of fused-ring (bicyclic) bond motifs is 1. The Morgan fingerprint density at radius 3 is 2.85 bits per heavy atom. The second-order valence-electron chi connectivity index (χ2n) is 4.91. The van der Waals surface area contributed by atoms with Gasteiger partial charge in [0, 0.05) is 6.04 Å². The summed E-state index contributed by atoms with van der Waals surface area (Å²) in [7, 11) is -3.61. The number of benzene rings is 1. The molecule has 1 unspecified atom stereocenters. The van der Waals surface area contributed by atoms with Crippen LogP contribution in [0.2, 0.25) is 0 Å². The number of nitrogens with one attached hydrogen (secondary N) is 1. The third-order valence-electron chi connectivity index (χ3n) is 3.14. The molecule has 0 aliphatic rings. The Kier molecular flexibility index (Phi) is 4.72. The van der Waals surface area contributed by atoms with Crippen molar-refractivity contribution < 1.29 is 13.0 Å². The van der Waals surface area contributed by atoms with E-state index >= 15 is 0 Å². The Hall–Kier alpha value is -1.47.